The highest BCUT2D eigenvalue weighted by atomic mass is 35.5. The maximum absolute atomic E-state index is 13.9. The fourth-order valence-corrected chi connectivity index (χ4v) is 4.90. The highest BCUT2D eigenvalue weighted by Gasteiger charge is 2.45. The molecule has 1 aromatic heterocycles. The second kappa shape index (κ2) is 7.79. The summed E-state index contributed by atoms with van der Waals surface area (Å²) in [5.74, 6) is -0.236. The lowest BCUT2D eigenvalue weighted by molar-refractivity contribution is -0.139. The van der Waals surface area contributed by atoms with Gasteiger partial charge in [-0.1, -0.05) is 43.5 Å². The molecule has 2 aromatic carbocycles. The standard InChI is InChI=1S/C23H24ClFN2O2/c1-15-4-2-3-11-23(15,13-21(28)29)22-26-19-12-18(25)9-10-20(19)27(22)14-16-5-7-17(24)8-6-16/h5-10,12,15H,2-4,11,13-14H2,1H3,(H,28,29). The van der Waals surface area contributed by atoms with Crippen LogP contribution in [0.3, 0.4) is 0 Å². The van der Waals surface area contributed by atoms with Crippen LogP contribution >= 0.6 is 11.6 Å². The molecule has 4 nitrogen and oxygen atoms in total. The van der Waals surface area contributed by atoms with Gasteiger partial charge in [0.25, 0.3) is 0 Å². The minimum Gasteiger partial charge on any atom is -0.481 e. The minimum absolute atomic E-state index is 0.0284. The number of halogens is 2. The first-order valence-corrected chi connectivity index (χ1v) is 10.4. The molecule has 0 spiro atoms. The molecule has 1 aliphatic rings. The lowest BCUT2D eigenvalue weighted by atomic mass is 9.64. The van der Waals surface area contributed by atoms with Crippen molar-refractivity contribution < 1.29 is 14.3 Å². The van der Waals surface area contributed by atoms with Gasteiger partial charge in [-0.25, -0.2) is 9.37 Å². The number of benzene rings is 2. The fourth-order valence-electron chi connectivity index (χ4n) is 4.77. The predicted octanol–water partition coefficient (Wildman–Crippen LogP) is 5.80. The van der Waals surface area contributed by atoms with Gasteiger partial charge in [0.2, 0.25) is 0 Å². The van der Waals surface area contributed by atoms with E-state index in [1.807, 2.05) is 24.3 Å². The van der Waals surface area contributed by atoms with Crippen molar-refractivity contribution in [1.82, 2.24) is 9.55 Å². The summed E-state index contributed by atoms with van der Waals surface area (Å²) in [7, 11) is 0. The Labute approximate surface area is 174 Å². The SMILES string of the molecule is CC1CCCCC1(CC(=O)O)c1nc2cc(F)ccc2n1Cc1ccc(Cl)cc1. The summed E-state index contributed by atoms with van der Waals surface area (Å²) in [4.78, 5) is 16.7. The molecule has 0 radical (unpaired) electrons. The molecule has 2 atom stereocenters. The molecule has 1 fully saturated rings. The van der Waals surface area contributed by atoms with Gasteiger partial charge in [0.05, 0.1) is 17.5 Å². The number of fused-ring (bicyclic) bond motifs is 1. The number of hydrogen-bond donors (Lipinski definition) is 1. The Kier molecular flexibility index (Phi) is 5.34. The van der Waals surface area contributed by atoms with Crippen molar-refractivity contribution >= 4 is 28.6 Å². The minimum atomic E-state index is -0.824. The van der Waals surface area contributed by atoms with Gasteiger partial charge >= 0.3 is 5.97 Å². The number of carboxylic acids is 1. The van der Waals surface area contributed by atoms with Gasteiger partial charge < -0.3 is 9.67 Å². The summed E-state index contributed by atoms with van der Waals surface area (Å²) in [6, 6.07) is 12.2. The highest BCUT2D eigenvalue weighted by molar-refractivity contribution is 6.30. The van der Waals surface area contributed by atoms with Crippen molar-refractivity contribution in [2.24, 2.45) is 5.92 Å². The zero-order valence-electron chi connectivity index (χ0n) is 16.4. The Morgan fingerprint density at radius 3 is 2.72 bits per heavy atom. The number of aliphatic carboxylic acids is 1. The van der Waals surface area contributed by atoms with Crippen molar-refractivity contribution in [3.8, 4) is 0 Å². The lowest BCUT2D eigenvalue weighted by Gasteiger charge is -2.41. The van der Waals surface area contributed by atoms with Crippen LogP contribution in [0.2, 0.25) is 5.02 Å². The molecule has 0 amide bonds. The van der Waals surface area contributed by atoms with Gasteiger partial charge in [0.15, 0.2) is 0 Å². The van der Waals surface area contributed by atoms with Crippen LogP contribution in [0.4, 0.5) is 4.39 Å². The quantitative estimate of drug-likeness (QED) is 0.574. The molecule has 4 rings (SSSR count). The van der Waals surface area contributed by atoms with E-state index in [9.17, 15) is 14.3 Å². The molecule has 0 bridgehead atoms. The summed E-state index contributed by atoms with van der Waals surface area (Å²) in [6.45, 7) is 2.65. The van der Waals surface area contributed by atoms with Crippen molar-refractivity contribution in [1.29, 1.82) is 0 Å². The normalized spacial score (nSPS) is 22.1. The van der Waals surface area contributed by atoms with Crippen LogP contribution in [0.15, 0.2) is 42.5 Å². The molecule has 29 heavy (non-hydrogen) atoms. The molecule has 6 heteroatoms. The summed E-state index contributed by atoms with van der Waals surface area (Å²) < 4.78 is 16.0. The van der Waals surface area contributed by atoms with E-state index >= 15 is 0 Å². The van der Waals surface area contributed by atoms with Gasteiger partial charge in [-0.15, -0.1) is 0 Å². The van der Waals surface area contributed by atoms with Crippen molar-refractivity contribution in [3.05, 3.63) is 64.7 Å². The third-order valence-electron chi connectivity index (χ3n) is 6.33. The molecule has 1 saturated carbocycles. The number of imidazole rings is 1. The Morgan fingerprint density at radius 1 is 1.28 bits per heavy atom. The van der Waals surface area contributed by atoms with E-state index in [0.29, 0.717) is 17.1 Å². The summed E-state index contributed by atoms with van der Waals surface area (Å²) in [6.07, 6.45) is 3.82. The predicted molar refractivity (Wildman–Crippen MR) is 112 cm³/mol. The van der Waals surface area contributed by atoms with E-state index < -0.39 is 11.4 Å². The van der Waals surface area contributed by atoms with Crippen LogP contribution < -0.4 is 0 Å². The van der Waals surface area contributed by atoms with Crippen LogP contribution in [-0.4, -0.2) is 20.6 Å². The van der Waals surface area contributed by atoms with Crippen molar-refractivity contribution in [2.45, 2.75) is 51.0 Å². The lowest BCUT2D eigenvalue weighted by Crippen LogP contribution is -2.41. The zero-order chi connectivity index (χ0) is 20.6. The molecule has 1 heterocycles. The van der Waals surface area contributed by atoms with Crippen LogP contribution in [0.1, 0.15) is 50.4 Å². The third kappa shape index (κ3) is 3.76. The Bertz CT molecular complexity index is 1050. The van der Waals surface area contributed by atoms with Gasteiger partial charge in [-0.2, -0.15) is 0 Å². The van der Waals surface area contributed by atoms with Crippen molar-refractivity contribution in [3.63, 3.8) is 0 Å². The fraction of sp³-hybridized carbons (Fsp3) is 0.391. The van der Waals surface area contributed by atoms with Crippen LogP contribution in [0.25, 0.3) is 11.0 Å². The van der Waals surface area contributed by atoms with Gasteiger partial charge in [-0.05, 0) is 48.6 Å². The number of carboxylic acid groups (broad SMARTS) is 1. The van der Waals surface area contributed by atoms with Gasteiger partial charge in [0.1, 0.15) is 11.6 Å². The number of carbonyl (C=O) groups is 1. The molecular formula is C23H24ClFN2O2. The van der Waals surface area contributed by atoms with E-state index in [1.165, 1.54) is 12.1 Å². The maximum atomic E-state index is 13.9. The van der Waals surface area contributed by atoms with Gasteiger partial charge in [0, 0.05) is 23.0 Å². The van der Waals surface area contributed by atoms with Gasteiger partial charge in [-0.3, -0.25) is 4.79 Å². The summed E-state index contributed by atoms with van der Waals surface area (Å²) in [5.41, 5.74) is 1.86. The Hall–Kier alpha value is -2.40. The second-order valence-corrected chi connectivity index (χ2v) is 8.59. The van der Waals surface area contributed by atoms with E-state index in [2.05, 4.69) is 11.5 Å². The molecule has 2 unspecified atom stereocenters. The summed E-state index contributed by atoms with van der Waals surface area (Å²) >= 11 is 6.03. The topological polar surface area (TPSA) is 55.1 Å². The van der Waals surface area contributed by atoms with E-state index in [1.54, 1.807) is 6.07 Å². The maximum Gasteiger partial charge on any atom is 0.304 e. The average molecular weight is 415 g/mol. The van der Waals surface area contributed by atoms with Crippen LogP contribution in [-0.2, 0) is 16.8 Å². The zero-order valence-corrected chi connectivity index (χ0v) is 17.1. The monoisotopic (exact) mass is 414 g/mol. The first-order chi connectivity index (χ1) is 13.9. The number of rotatable bonds is 5. The largest absolute Gasteiger partial charge is 0.481 e. The molecular weight excluding hydrogens is 391 g/mol. The first kappa shape index (κ1) is 19.9. The molecule has 0 aliphatic heterocycles. The Morgan fingerprint density at radius 2 is 2.03 bits per heavy atom. The summed E-state index contributed by atoms with van der Waals surface area (Å²) in [5, 5.41) is 10.4. The number of aromatic nitrogens is 2. The Balaban J connectivity index is 1.91. The van der Waals surface area contributed by atoms with Crippen molar-refractivity contribution in [2.75, 3.05) is 0 Å². The van der Waals surface area contributed by atoms with E-state index in [-0.39, 0.29) is 18.2 Å². The third-order valence-corrected chi connectivity index (χ3v) is 6.58. The highest BCUT2D eigenvalue weighted by Crippen LogP contribution is 2.46. The molecule has 152 valence electrons. The molecule has 3 aromatic rings. The van der Waals surface area contributed by atoms with Crippen LogP contribution in [0.5, 0.6) is 0 Å². The smallest absolute Gasteiger partial charge is 0.304 e. The molecule has 0 saturated heterocycles. The van der Waals surface area contributed by atoms with Crippen LogP contribution in [0, 0.1) is 11.7 Å². The average Bonchev–Trinajstić information content (AvgIpc) is 3.03. The first-order valence-electron chi connectivity index (χ1n) is 10.0. The van der Waals surface area contributed by atoms with E-state index in [0.717, 1.165) is 42.6 Å². The number of nitrogens with zero attached hydrogens (tertiary/aromatic N) is 2. The van der Waals surface area contributed by atoms with E-state index in [4.69, 9.17) is 16.6 Å². The number of hydrogen-bond acceptors (Lipinski definition) is 2. The second-order valence-electron chi connectivity index (χ2n) is 8.15. The molecule has 1 aliphatic carbocycles. The molecule has 1 N–H and O–H groups in total.